The van der Waals surface area contributed by atoms with Crippen LogP contribution in [0, 0.1) is 0 Å². The van der Waals surface area contributed by atoms with Gasteiger partial charge in [0.1, 0.15) is 11.5 Å². The topological polar surface area (TPSA) is 50.8 Å². The van der Waals surface area contributed by atoms with Crippen LogP contribution in [0.5, 0.6) is 11.5 Å². The van der Waals surface area contributed by atoms with E-state index >= 15 is 0 Å². The van der Waals surface area contributed by atoms with E-state index in [2.05, 4.69) is 10.1 Å². The number of benzene rings is 2. The predicted molar refractivity (Wildman–Crippen MR) is 98.9 cm³/mol. The van der Waals surface area contributed by atoms with E-state index in [-0.39, 0.29) is 18.2 Å². The van der Waals surface area contributed by atoms with Gasteiger partial charge < -0.3 is 14.8 Å². The molecule has 0 aromatic heterocycles. The molecule has 0 aliphatic heterocycles. The monoisotopic (exact) mass is 378 g/mol. The molecule has 0 aliphatic rings. The normalized spacial score (nSPS) is 10.9. The highest BCUT2D eigenvalue weighted by Gasteiger charge is 2.09. The van der Waals surface area contributed by atoms with Crippen molar-refractivity contribution in [2.24, 2.45) is 0 Å². The fraction of sp³-hybridized carbons (Fsp3) is 0.350. The Labute approximate surface area is 157 Å². The Morgan fingerprint density at radius 3 is 2.52 bits per heavy atom. The van der Waals surface area contributed by atoms with Crippen LogP contribution >= 0.6 is 0 Å². The average molecular weight is 378 g/mol. The number of rotatable bonds is 10. The zero-order valence-corrected chi connectivity index (χ0v) is 15.5. The summed E-state index contributed by atoms with van der Waals surface area (Å²) < 4.78 is 34.1. The van der Waals surface area contributed by atoms with E-state index in [0.717, 1.165) is 16.9 Å². The quantitative estimate of drug-likeness (QED) is 0.688. The average Bonchev–Trinajstić information content (AvgIpc) is 2.62. The smallest absolute Gasteiger partial charge is 0.387 e. The Hall–Kier alpha value is -2.67. The van der Waals surface area contributed by atoms with Crippen molar-refractivity contribution in [1.29, 1.82) is 0 Å². The maximum Gasteiger partial charge on any atom is 0.387 e. The standard InChI is InChI=1S/C20H24F2N2O3/c1-3-26-18-6-4-5-16(11-18)12-23-19(25)14-24(2)13-15-7-9-17(10-8-15)27-20(21)22/h4-11,20H,3,12-14H2,1-2H3,(H,23,25). The highest BCUT2D eigenvalue weighted by Crippen LogP contribution is 2.16. The molecule has 0 radical (unpaired) electrons. The highest BCUT2D eigenvalue weighted by molar-refractivity contribution is 5.77. The minimum Gasteiger partial charge on any atom is -0.494 e. The first kappa shape index (κ1) is 20.6. The number of ether oxygens (including phenoxy) is 2. The number of likely N-dealkylation sites (N-methyl/N-ethyl adjacent to an activating group) is 1. The van der Waals surface area contributed by atoms with Crippen LogP contribution in [0.25, 0.3) is 0 Å². The lowest BCUT2D eigenvalue weighted by atomic mass is 10.2. The zero-order chi connectivity index (χ0) is 19.6. The summed E-state index contributed by atoms with van der Waals surface area (Å²) in [6.45, 7) is 0.839. The fourth-order valence-electron chi connectivity index (χ4n) is 2.56. The lowest BCUT2D eigenvalue weighted by molar-refractivity contribution is -0.122. The lowest BCUT2D eigenvalue weighted by Gasteiger charge is -2.17. The van der Waals surface area contributed by atoms with Crippen LogP contribution in [0.1, 0.15) is 18.1 Å². The third-order valence-corrected chi connectivity index (χ3v) is 3.71. The second-order valence-electron chi connectivity index (χ2n) is 6.05. The second-order valence-corrected chi connectivity index (χ2v) is 6.05. The SMILES string of the molecule is CCOc1cccc(CNC(=O)CN(C)Cc2ccc(OC(F)F)cc2)c1. The maximum absolute atomic E-state index is 12.1. The van der Waals surface area contributed by atoms with Crippen molar-refractivity contribution in [3.63, 3.8) is 0 Å². The van der Waals surface area contributed by atoms with Crippen LogP contribution < -0.4 is 14.8 Å². The number of halogens is 2. The van der Waals surface area contributed by atoms with Crippen molar-refractivity contribution in [3.8, 4) is 11.5 Å². The minimum absolute atomic E-state index is 0.100. The van der Waals surface area contributed by atoms with Crippen molar-refractivity contribution in [1.82, 2.24) is 10.2 Å². The third kappa shape index (κ3) is 7.62. The number of hydrogen-bond acceptors (Lipinski definition) is 4. The Balaban J connectivity index is 1.77. The van der Waals surface area contributed by atoms with Gasteiger partial charge in [0, 0.05) is 13.1 Å². The van der Waals surface area contributed by atoms with Crippen LogP contribution in [0.4, 0.5) is 8.78 Å². The number of amides is 1. The van der Waals surface area contributed by atoms with Gasteiger partial charge in [-0.25, -0.2) is 0 Å². The number of carbonyl (C=O) groups is 1. The van der Waals surface area contributed by atoms with Gasteiger partial charge in [0.25, 0.3) is 0 Å². The van der Waals surface area contributed by atoms with Gasteiger partial charge in [0.15, 0.2) is 0 Å². The summed E-state index contributed by atoms with van der Waals surface area (Å²) in [6.07, 6.45) is 0. The van der Waals surface area contributed by atoms with Crippen LogP contribution in [-0.4, -0.2) is 37.6 Å². The van der Waals surface area contributed by atoms with Gasteiger partial charge in [-0.3, -0.25) is 9.69 Å². The third-order valence-electron chi connectivity index (χ3n) is 3.71. The van der Waals surface area contributed by atoms with E-state index in [4.69, 9.17) is 4.74 Å². The Kier molecular flexibility index (Phi) is 8.00. The Bertz CT molecular complexity index is 723. The van der Waals surface area contributed by atoms with Gasteiger partial charge in [-0.1, -0.05) is 24.3 Å². The first-order chi connectivity index (χ1) is 13.0. The van der Waals surface area contributed by atoms with Gasteiger partial charge in [0.05, 0.1) is 13.2 Å². The zero-order valence-electron chi connectivity index (χ0n) is 15.5. The fourth-order valence-corrected chi connectivity index (χ4v) is 2.56. The molecule has 5 nitrogen and oxygen atoms in total. The number of nitrogens with zero attached hydrogens (tertiary/aromatic N) is 1. The summed E-state index contributed by atoms with van der Waals surface area (Å²) in [5, 5.41) is 2.88. The van der Waals surface area contributed by atoms with Crippen LogP contribution in [0.2, 0.25) is 0 Å². The van der Waals surface area contributed by atoms with E-state index in [1.807, 2.05) is 43.1 Å². The van der Waals surface area contributed by atoms with Crippen molar-refractivity contribution < 1.29 is 23.0 Å². The van der Waals surface area contributed by atoms with E-state index in [0.29, 0.717) is 19.7 Å². The largest absolute Gasteiger partial charge is 0.494 e. The molecule has 1 N–H and O–H groups in total. The van der Waals surface area contributed by atoms with Gasteiger partial charge in [-0.15, -0.1) is 0 Å². The van der Waals surface area contributed by atoms with Crippen LogP contribution in [0.3, 0.4) is 0 Å². The Morgan fingerprint density at radius 2 is 1.85 bits per heavy atom. The number of hydrogen-bond donors (Lipinski definition) is 1. The van der Waals surface area contributed by atoms with Crippen LogP contribution in [0.15, 0.2) is 48.5 Å². The van der Waals surface area contributed by atoms with Gasteiger partial charge in [-0.2, -0.15) is 8.78 Å². The van der Waals surface area contributed by atoms with Gasteiger partial charge in [-0.05, 0) is 49.4 Å². The molecule has 7 heteroatoms. The molecule has 2 rings (SSSR count). The minimum atomic E-state index is -2.84. The summed E-state index contributed by atoms with van der Waals surface area (Å²) in [5.41, 5.74) is 1.86. The van der Waals surface area contributed by atoms with E-state index in [9.17, 15) is 13.6 Å². The summed E-state index contributed by atoms with van der Waals surface area (Å²) in [7, 11) is 1.82. The van der Waals surface area contributed by atoms with Crippen LogP contribution in [-0.2, 0) is 17.9 Å². The predicted octanol–water partition coefficient (Wildman–Crippen LogP) is 3.43. The van der Waals surface area contributed by atoms with Crippen molar-refractivity contribution >= 4 is 5.91 Å². The number of nitrogens with one attached hydrogen (secondary N) is 1. The van der Waals surface area contributed by atoms with E-state index < -0.39 is 6.61 Å². The molecular weight excluding hydrogens is 354 g/mol. The lowest BCUT2D eigenvalue weighted by Crippen LogP contribution is -2.34. The number of alkyl halides is 2. The molecule has 0 unspecified atom stereocenters. The molecule has 0 saturated carbocycles. The first-order valence-electron chi connectivity index (χ1n) is 8.67. The van der Waals surface area contributed by atoms with Crippen molar-refractivity contribution in [2.45, 2.75) is 26.6 Å². The molecule has 0 saturated heterocycles. The molecule has 0 atom stereocenters. The van der Waals surface area contributed by atoms with E-state index in [1.54, 1.807) is 12.1 Å². The molecule has 0 fully saturated rings. The molecular formula is C20H24F2N2O3. The first-order valence-corrected chi connectivity index (χ1v) is 8.67. The molecule has 146 valence electrons. The highest BCUT2D eigenvalue weighted by atomic mass is 19.3. The van der Waals surface area contributed by atoms with Gasteiger partial charge >= 0.3 is 6.61 Å². The summed E-state index contributed by atoms with van der Waals surface area (Å²) in [6, 6.07) is 14.0. The number of carbonyl (C=O) groups excluding carboxylic acids is 1. The van der Waals surface area contributed by atoms with Crippen molar-refractivity contribution in [3.05, 3.63) is 59.7 Å². The summed E-state index contributed by atoms with van der Waals surface area (Å²) >= 11 is 0. The molecule has 0 spiro atoms. The molecule has 1 amide bonds. The van der Waals surface area contributed by atoms with Crippen molar-refractivity contribution in [2.75, 3.05) is 20.2 Å². The molecule has 0 heterocycles. The molecule has 0 aliphatic carbocycles. The molecule has 0 bridgehead atoms. The van der Waals surface area contributed by atoms with E-state index in [1.165, 1.54) is 12.1 Å². The maximum atomic E-state index is 12.1. The second kappa shape index (κ2) is 10.5. The Morgan fingerprint density at radius 1 is 1.11 bits per heavy atom. The molecule has 2 aromatic rings. The van der Waals surface area contributed by atoms with Gasteiger partial charge in [0.2, 0.25) is 5.91 Å². The summed E-state index contributed by atoms with van der Waals surface area (Å²) in [5.74, 6) is 0.793. The summed E-state index contributed by atoms with van der Waals surface area (Å²) in [4.78, 5) is 14.0. The molecule has 27 heavy (non-hydrogen) atoms. The molecule has 2 aromatic carbocycles.